The van der Waals surface area contributed by atoms with Gasteiger partial charge < -0.3 is 38.5 Å². The molecule has 2 aromatic heterocycles. The van der Waals surface area contributed by atoms with Gasteiger partial charge in [0, 0.05) is 64.4 Å². The van der Waals surface area contributed by atoms with Gasteiger partial charge in [-0.15, -0.1) is 11.8 Å². The van der Waals surface area contributed by atoms with Crippen LogP contribution in [0.15, 0.2) is 36.4 Å². The first-order valence-corrected chi connectivity index (χ1v) is 22.9. The Morgan fingerprint density at radius 1 is 0.754 bits per heavy atom. The zero-order valence-corrected chi connectivity index (χ0v) is 36.8. The van der Waals surface area contributed by atoms with Gasteiger partial charge in [-0.3, -0.25) is 9.80 Å². The molecule has 2 aliphatic carbocycles. The number of alkyl carbamates (subject to hydrolysis) is 1. The number of amides is 1. The predicted molar refractivity (Wildman–Crippen MR) is 231 cm³/mol. The molecule has 5 rings (SSSR count). The summed E-state index contributed by atoms with van der Waals surface area (Å²) in [6.45, 7) is 7.96. The maximum atomic E-state index is 12.3. The highest BCUT2D eigenvalue weighted by molar-refractivity contribution is 7.99. The number of thioether (sulfide) groups is 1. The highest BCUT2D eigenvalue weighted by Crippen LogP contribution is 2.52. The average Bonchev–Trinajstić information content (AvgIpc) is 3.92. The van der Waals surface area contributed by atoms with Crippen molar-refractivity contribution in [2.24, 2.45) is 17.8 Å². The molecule has 2 aromatic rings. The van der Waals surface area contributed by atoms with Gasteiger partial charge >= 0.3 is 18.0 Å². The summed E-state index contributed by atoms with van der Waals surface area (Å²) in [4.78, 5) is 50.0. The van der Waals surface area contributed by atoms with Crippen LogP contribution in [-0.4, -0.2) is 155 Å². The second-order valence-corrected chi connectivity index (χ2v) is 16.6. The Morgan fingerprint density at radius 3 is 1.92 bits per heavy atom. The van der Waals surface area contributed by atoms with Crippen LogP contribution < -0.4 is 5.32 Å². The van der Waals surface area contributed by atoms with Gasteiger partial charge in [0.15, 0.2) is 0 Å². The van der Waals surface area contributed by atoms with E-state index in [1.54, 1.807) is 12.1 Å². The number of hydrogen-bond acceptors (Lipinski definition) is 15. The largest absolute Gasteiger partial charge is 0.464 e. The molecule has 0 radical (unpaired) electrons. The molecule has 61 heavy (non-hydrogen) atoms. The molecule has 0 aromatic carbocycles. The van der Waals surface area contributed by atoms with E-state index < -0.39 is 11.9 Å². The normalized spacial score (nSPS) is 22.4. The lowest BCUT2D eigenvalue weighted by atomic mass is 10.1. The zero-order chi connectivity index (χ0) is 42.9. The number of hydrogen-bond donors (Lipinski definition) is 1. The number of aromatic nitrogens is 2. The zero-order valence-electron chi connectivity index (χ0n) is 36.0. The van der Waals surface area contributed by atoms with E-state index in [2.05, 4.69) is 36.9 Å². The van der Waals surface area contributed by atoms with Gasteiger partial charge in [0.25, 0.3) is 0 Å². The monoisotopic (exact) mass is 867 g/mol. The van der Waals surface area contributed by atoms with Crippen molar-refractivity contribution in [3.8, 4) is 11.8 Å². The summed E-state index contributed by atoms with van der Waals surface area (Å²) < 4.78 is 39.9. The first-order valence-electron chi connectivity index (χ1n) is 21.8. The van der Waals surface area contributed by atoms with Crippen molar-refractivity contribution in [2.45, 2.75) is 64.1 Å². The van der Waals surface area contributed by atoms with Gasteiger partial charge in [0.05, 0.1) is 84.6 Å². The lowest BCUT2D eigenvalue weighted by molar-refractivity contribution is -0.0238. The van der Waals surface area contributed by atoms with Crippen LogP contribution in [0.25, 0.3) is 0 Å². The van der Waals surface area contributed by atoms with Crippen LogP contribution in [0.4, 0.5) is 4.79 Å². The van der Waals surface area contributed by atoms with Gasteiger partial charge in [0.2, 0.25) is 0 Å². The summed E-state index contributed by atoms with van der Waals surface area (Å²) in [7, 11) is 2.70. The van der Waals surface area contributed by atoms with E-state index in [4.69, 9.17) is 33.2 Å². The Balaban J connectivity index is 1.07. The molecule has 16 heteroatoms. The second kappa shape index (κ2) is 28.0. The Morgan fingerprint density at radius 2 is 1.33 bits per heavy atom. The minimum atomic E-state index is -0.471. The number of methoxy groups -OCH3 is 2. The van der Waals surface area contributed by atoms with Crippen molar-refractivity contribution >= 4 is 29.8 Å². The number of carbonyl (C=O) groups excluding carboxylic acids is 3. The Kier molecular flexibility index (Phi) is 22.1. The van der Waals surface area contributed by atoms with E-state index in [9.17, 15) is 14.4 Å². The van der Waals surface area contributed by atoms with E-state index in [1.807, 2.05) is 36.0 Å². The maximum absolute atomic E-state index is 12.3. The molecule has 1 aliphatic heterocycles. The Hall–Kier alpha value is -3.82. The first kappa shape index (κ1) is 48.2. The van der Waals surface area contributed by atoms with Crippen LogP contribution in [0.2, 0.25) is 0 Å². The molecule has 1 N–H and O–H groups in total. The molecule has 4 atom stereocenters. The van der Waals surface area contributed by atoms with Gasteiger partial charge in [-0.05, 0) is 73.5 Å². The molecule has 3 heterocycles. The summed E-state index contributed by atoms with van der Waals surface area (Å²) in [5, 5.41) is 2.93. The minimum absolute atomic E-state index is 0.133. The number of pyridine rings is 2. The summed E-state index contributed by atoms with van der Waals surface area (Å²) in [6.07, 6.45) is 6.64. The molecule has 1 saturated heterocycles. The third-order valence-corrected chi connectivity index (χ3v) is 12.2. The van der Waals surface area contributed by atoms with Crippen molar-refractivity contribution in [1.82, 2.24) is 25.1 Å². The van der Waals surface area contributed by atoms with Crippen molar-refractivity contribution in [3.05, 3.63) is 59.2 Å². The summed E-state index contributed by atoms with van der Waals surface area (Å²) >= 11 is 1.84. The molecular weight excluding hydrogens is 803 g/mol. The van der Waals surface area contributed by atoms with Crippen molar-refractivity contribution < 1.29 is 47.5 Å². The average molecular weight is 868 g/mol. The van der Waals surface area contributed by atoms with E-state index in [0.717, 1.165) is 67.8 Å². The van der Waals surface area contributed by atoms with Crippen molar-refractivity contribution in [1.29, 1.82) is 0 Å². The van der Waals surface area contributed by atoms with Crippen LogP contribution in [0.3, 0.4) is 0 Å². The van der Waals surface area contributed by atoms with Crippen LogP contribution in [0, 0.1) is 29.6 Å². The maximum Gasteiger partial charge on any atom is 0.407 e. The van der Waals surface area contributed by atoms with Crippen LogP contribution >= 0.6 is 11.8 Å². The third-order valence-electron chi connectivity index (χ3n) is 11.1. The summed E-state index contributed by atoms with van der Waals surface area (Å²) in [5.74, 6) is 9.09. The number of carbonyl (C=O) groups is 3. The Bertz CT molecular complexity index is 1680. The molecule has 336 valence electrons. The number of nitrogens with one attached hydrogen (secondary N) is 1. The van der Waals surface area contributed by atoms with E-state index in [1.165, 1.54) is 14.2 Å². The molecule has 3 aliphatic rings. The molecule has 1 amide bonds. The topological polar surface area (TPSA) is 160 Å². The molecule has 0 unspecified atom stereocenters. The number of rotatable bonds is 16. The van der Waals surface area contributed by atoms with Crippen LogP contribution in [-0.2, 0) is 46.2 Å². The molecule has 0 bridgehead atoms. The summed E-state index contributed by atoms with van der Waals surface area (Å²) in [5.41, 5.74) is 2.05. The quantitative estimate of drug-likeness (QED) is 0.105. The van der Waals surface area contributed by atoms with E-state index >= 15 is 0 Å². The number of nitrogens with zero attached hydrogens (tertiary/aromatic N) is 4. The van der Waals surface area contributed by atoms with Gasteiger partial charge in [-0.25, -0.2) is 24.4 Å². The highest BCUT2D eigenvalue weighted by atomic mass is 32.2. The van der Waals surface area contributed by atoms with Gasteiger partial charge in [0.1, 0.15) is 11.4 Å². The minimum Gasteiger partial charge on any atom is -0.464 e. The fourth-order valence-corrected chi connectivity index (χ4v) is 8.63. The summed E-state index contributed by atoms with van der Waals surface area (Å²) in [6, 6.07) is 10.7. The van der Waals surface area contributed by atoms with E-state index in [0.29, 0.717) is 116 Å². The number of unbranched alkanes of at least 4 members (excludes halogenated alkanes) is 2. The number of fused-ring (bicyclic) bond motifs is 1. The van der Waals surface area contributed by atoms with Crippen molar-refractivity contribution in [3.63, 3.8) is 0 Å². The fourth-order valence-electron chi connectivity index (χ4n) is 7.60. The van der Waals surface area contributed by atoms with E-state index in [-0.39, 0.29) is 23.6 Å². The fraction of sp³-hybridized carbons (Fsp3) is 0.667. The second-order valence-electron chi connectivity index (χ2n) is 15.4. The lowest BCUT2D eigenvalue weighted by Crippen LogP contribution is -2.35. The highest BCUT2D eigenvalue weighted by Gasteiger charge is 2.49. The molecular formula is C45H65N5O10S. The number of esters is 2. The first-order chi connectivity index (χ1) is 29.9. The SMILES string of the molecule is COC(=O)c1cccc(CN2CCOCCOCCN(Cc3cccc(C(=O)OC)n3)CCO[C@H](CSCCCCCNC(=O)OC[C@H]3[C@@H]4CCC#CCC[C@@H]43)COCC2)n1. The number of ether oxygens (including phenoxy) is 7. The predicted octanol–water partition coefficient (Wildman–Crippen LogP) is 4.87. The van der Waals surface area contributed by atoms with Gasteiger partial charge in [-0.1, -0.05) is 18.6 Å². The smallest absolute Gasteiger partial charge is 0.407 e. The van der Waals surface area contributed by atoms with Crippen LogP contribution in [0.5, 0.6) is 0 Å². The van der Waals surface area contributed by atoms with Crippen molar-refractivity contribution in [2.75, 3.05) is 111 Å². The third kappa shape index (κ3) is 18.2. The molecule has 15 nitrogen and oxygen atoms in total. The van der Waals surface area contributed by atoms with Crippen LogP contribution in [0.1, 0.15) is 77.3 Å². The standard InChI is InChI=1S/C45H65N5O10S/c1-54-43(51)41-16-10-12-35(47-41)30-49-19-23-56-27-28-57-24-20-50(31-36-13-11-17-42(48-36)44(52)55-2)22-26-59-37(32-58-25-21-49)34-61-29-9-5-8-18-46-45(53)60-33-40-38-14-6-3-4-7-15-39(38)40/h10-13,16-17,37-40H,5-9,14-15,18-34H2,1-2H3,(H,46,53)/t37-,38-,39+,40+/m0/s1. The Labute approximate surface area is 365 Å². The molecule has 1 saturated carbocycles. The lowest BCUT2D eigenvalue weighted by Gasteiger charge is -2.25. The van der Waals surface area contributed by atoms with Gasteiger partial charge in [-0.2, -0.15) is 11.8 Å². The molecule has 0 spiro atoms. The molecule has 2 fully saturated rings.